The van der Waals surface area contributed by atoms with E-state index in [4.69, 9.17) is 10.5 Å². The molecule has 0 amide bonds. The van der Waals surface area contributed by atoms with Gasteiger partial charge in [0.05, 0.1) is 19.5 Å². The number of esters is 1. The van der Waals surface area contributed by atoms with Gasteiger partial charge in [-0.1, -0.05) is 0 Å². The molecule has 0 bridgehead atoms. The van der Waals surface area contributed by atoms with E-state index in [1.807, 2.05) is 13.0 Å². The summed E-state index contributed by atoms with van der Waals surface area (Å²) in [6.07, 6.45) is 0. The zero-order valence-corrected chi connectivity index (χ0v) is 10.2. The number of hydrogen-bond acceptors (Lipinski definition) is 5. The Bertz CT molecular complexity index is 368. The van der Waals surface area contributed by atoms with E-state index in [1.165, 1.54) is 18.9 Å². The largest absolute Gasteiger partial charge is 0.494 e. The Morgan fingerprint density at radius 1 is 1.44 bits per heavy atom. The SMILES string of the molecule is CCOc1cc(N)cc(SCC(=O)OC)c1. The van der Waals surface area contributed by atoms with Crippen molar-refractivity contribution in [3.8, 4) is 5.75 Å². The van der Waals surface area contributed by atoms with Gasteiger partial charge >= 0.3 is 5.97 Å². The summed E-state index contributed by atoms with van der Waals surface area (Å²) >= 11 is 1.37. The van der Waals surface area contributed by atoms with Crippen molar-refractivity contribution in [1.29, 1.82) is 0 Å². The number of anilines is 1. The maximum atomic E-state index is 11.0. The minimum Gasteiger partial charge on any atom is -0.494 e. The molecule has 4 nitrogen and oxygen atoms in total. The lowest BCUT2D eigenvalue weighted by atomic mass is 10.3. The van der Waals surface area contributed by atoms with Crippen LogP contribution >= 0.6 is 11.8 Å². The number of carbonyl (C=O) groups is 1. The predicted molar refractivity (Wildman–Crippen MR) is 64.8 cm³/mol. The van der Waals surface area contributed by atoms with E-state index in [0.29, 0.717) is 12.3 Å². The van der Waals surface area contributed by atoms with E-state index < -0.39 is 0 Å². The lowest BCUT2D eigenvalue weighted by molar-refractivity contribution is -0.137. The molecule has 1 rings (SSSR count). The first-order valence-electron chi connectivity index (χ1n) is 4.88. The Morgan fingerprint density at radius 2 is 2.19 bits per heavy atom. The van der Waals surface area contributed by atoms with Crippen LogP contribution in [0.25, 0.3) is 0 Å². The maximum Gasteiger partial charge on any atom is 0.315 e. The molecule has 0 aromatic heterocycles. The molecule has 88 valence electrons. The molecular weight excluding hydrogens is 226 g/mol. The Labute approximate surface area is 99.1 Å². The number of thioether (sulfide) groups is 1. The molecule has 0 saturated heterocycles. The zero-order chi connectivity index (χ0) is 12.0. The number of methoxy groups -OCH3 is 1. The number of nitrogens with two attached hydrogens (primary N) is 1. The average Bonchev–Trinajstić information content (AvgIpc) is 2.25. The molecule has 5 heteroatoms. The van der Waals surface area contributed by atoms with Crippen molar-refractivity contribution in [2.45, 2.75) is 11.8 Å². The second-order valence-corrected chi connectivity index (χ2v) is 4.08. The van der Waals surface area contributed by atoms with E-state index in [-0.39, 0.29) is 11.7 Å². The lowest BCUT2D eigenvalue weighted by Gasteiger charge is -2.07. The Kier molecular flexibility index (Phi) is 4.98. The third-order valence-corrected chi connectivity index (χ3v) is 2.75. The topological polar surface area (TPSA) is 61.5 Å². The number of ether oxygens (including phenoxy) is 2. The van der Waals surface area contributed by atoms with E-state index in [1.54, 1.807) is 12.1 Å². The number of hydrogen-bond donors (Lipinski definition) is 1. The van der Waals surface area contributed by atoms with Crippen LogP contribution in [0, 0.1) is 0 Å². The summed E-state index contributed by atoms with van der Waals surface area (Å²) in [5.41, 5.74) is 6.34. The average molecular weight is 241 g/mol. The van der Waals surface area contributed by atoms with Gasteiger partial charge in [-0.3, -0.25) is 4.79 Å². The fraction of sp³-hybridized carbons (Fsp3) is 0.364. The highest BCUT2D eigenvalue weighted by Gasteiger charge is 2.04. The Morgan fingerprint density at radius 3 is 2.81 bits per heavy atom. The molecule has 2 N–H and O–H groups in total. The van der Waals surface area contributed by atoms with Crippen molar-refractivity contribution < 1.29 is 14.3 Å². The number of benzene rings is 1. The van der Waals surface area contributed by atoms with Gasteiger partial charge in [-0.15, -0.1) is 11.8 Å². The molecule has 0 heterocycles. The third-order valence-electron chi connectivity index (χ3n) is 1.80. The van der Waals surface area contributed by atoms with Crippen LogP contribution in [0.5, 0.6) is 5.75 Å². The first-order valence-corrected chi connectivity index (χ1v) is 5.87. The van der Waals surface area contributed by atoms with Crippen LogP contribution in [0.15, 0.2) is 23.1 Å². The van der Waals surface area contributed by atoms with Crippen molar-refractivity contribution in [3.05, 3.63) is 18.2 Å². The molecule has 0 aliphatic heterocycles. The summed E-state index contributed by atoms with van der Waals surface area (Å²) in [6.45, 7) is 2.50. The highest BCUT2D eigenvalue weighted by Crippen LogP contribution is 2.26. The van der Waals surface area contributed by atoms with Gasteiger partial charge in [0, 0.05) is 16.6 Å². The molecule has 0 fully saturated rings. The zero-order valence-electron chi connectivity index (χ0n) is 9.36. The van der Waals surface area contributed by atoms with E-state index in [2.05, 4.69) is 4.74 Å². The van der Waals surface area contributed by atoms with Crippen molar-refractivity contribution in [3.63, 3.8) is 0 Å². The molecule has 0 spiro atoms. The van der Waals surface area contributed by atoms with Gasteiger partial charge in [0.1, 0.15) is 5.75 Å². The Hall–Kier alpha value is -1.36. The van der Waals surface area contributed by atoms with Gasteiger partial charge in [0.2, 0.25) is 0 Å². The minimum absolute atomic E-state index is 0.259. The smallest absolute Gasteiger partial charge is 0.315 e. The summed E-state index contributed by atoms with van der Waals surface area (Å²) in [7, 11) is 1.37. The van der Waals surface area contributed by atoms with Crippen molar-refractivity contribution in [1.82, 2.24) is 0 Å². The van der Waals surface area contributed by atoms with Gasteiger partial charge in [-0.25, -0.2) is 0 Å². The van der Waals surface area contributed by atoms with Crippen LogP contribution in [0.4, 0.5) is 5.69 Å². The number of rotatable bonds is 5. The minimum atomic E-state index is -0.259. The molecule has 16 heavy (non-hydrogen) atoms. The summed E-state index contributed by atoms with van der Waals surface area (Å²) in [5.74, 6) is 0.728. The first-order chi connectivity index (χ1) is 7.65. The van der Waals surface area contributed by atoms with Crippen LogP contribution in [0.3, 0.4) is 0 Å². The fourth-order valence-corrected chi connectivity index (χ4v) is 1.95. The molecule has 0 aliphatic rings. The molecule has 0 unspecified atom stereocenters. The van der Waals surface area contributed by atoms with E-state index in [0.717, 1.165) is 10.6 Å². The highest BCUT2D eigenvalue weighted by molar-refractivity contribution is 8.00. The fourth-order valence-electron chi connectivity index (χ4n) is 1.13. The van der Waals surface area contributed by atoms with Gasteiger partial charge < -0.3 is 15.2 Å². The highest BCUT2D eigenvalue weighted by atomic mass is 32.2. The first kappa shape index (κ1) is 12.7. The summed E-state index contributed by atoms with van der Waals surface area (Å²) in [4.78, 5) is 11.9. The molecule has 1 aromatic carbocycles. The second kappa shape index (κ2) is 6.27. The van der Waals surface area contributed by atoms with Gasteiger partial charge in [-0.05, 0) is 19.1 Å². The second-order valence-electron chi connectivity index (χ2n) is 3.04. The van der Waals surface area contributed by atoms with Crippen LogP contribution in [-0.2, 0) is 9.53 Å². The van der Waals surface area contributed by atoms with Crippen molar-refractivity contribution >= 4 is 23.4 Å². The number of nitrogen functional groups attached to an aromatic ring is 1. The van der Waals surface area contributed by atoms with Crippen LogP contribution < -0.4 is 10.5 Å². The molecule has 0 radical (unpaired) electrons. The quantitative estimate of drug-likeness (QED) is 0.485. The van der Waals surface area contributed by atoms with Gasteiger partial charge in [-0.2, -0.15) is 0 Å². The Balaban J connectivity index is 2.68. The summed E-state index contributed by atoms with van der Waals surface area (Å²) in [5, 5.41) is 0. The normalized spacial score (nSPS) is 9.88. The molecular formula is C11H15NO3S. The maximum absolute atomic E-state index is 11.0. The van der Waals surface area contributed by atoms with Gasteiger partial charge in [0.25, 0.3) is 0 Å². The third kappa shape index (κ3) is 4.02. The predicted octanol–water partition coefficient (Wildman–Crippen LogP) is 1.93. The summed E-state index contributed by atoms with van der Waals surface area (Å²) in [6, 6.07) is 5.41. The molecule has 1 aromatic rings. The summed E-state index contributed by atoms with van der Waals surface area (Å²) < 4.78 is 9.91. The molecule has 0 aliphatic carbocycles. The van der Waals surface area contributed by atoms with E-state index in [9.17, 15) is 4.79 Å². The van der Waals surface area contributed by atoms with Crippen molar-refractivity contribution in [2.24, 2.45) is 0 Å². The van der Waals surface area contributed by atoms with Gasteiger partial charge in [0.15, 0.2) is 0 Å². The molecule has 0 atom stereocenters. The van der Waals surface area contributed by atoms with E-state index >= 15 is 0 Å². The van der Waals surface area contributed by atoms with Crippen molar-refractivity contribution in [2.75, 3.05) is 25.2 Å². The van der Waals surface area contributed by atoms with Crippen LogP contribution in [0.2, 0.25) is 0 Å². The standard InChI is InChI=1S/C11H15NO3S/c1-3-15-9-4-8(12)5-10(6-9)16-7-11(13)14-2/h4-6H,3,7,12H2,1-2H3. The number of carbonyl (C=O) groups excluding carboxylic acids is 1. The lowest BCUT2D eigenvalue weighted by Crippen LogP contribution is -2.03. The monoisotopic (exact) mass is 241 g/mol. The molecule has 0 saturated carbocycles. The van der Waals surface area contributed by atoms with Crippen LogP contribution in [0.1, 0.15) is 6.92 Å². The van der Waals surface area contributed by atoms with Crippen LogP contribution in [-0.4, -0.2) is 25.4 Å².